The molecule has 0 aromatic carbocycles. The first-order valence-electron chi connectivity index (χ1n) is 5.72. The van der Waals surface area contributed by atoms with E-state index >= 15 is 0 Å². The summed E-state index contributed by atoms with van der Waals surface area (Å²) >= 11 is 0. The van der Waals surface area contributed by atoms with Crippen LogP contribution < -0.4 is 5.32 Å². The zero-order chi connectivity index (χ0) is 12.6. The molecule has 7 nitrogen and oxygen atoms in total. The lowest BCUT2D eigenvalue weighted by Crippen LogP contribution is -2.08. The molecule has 0 aliphatic carbocycles. The van der Waals surface area contributed by atoms with Gasteiger partial charge in [-0.05, 0) is 0 Å². The van der Waals surface area contributed by atoms with E-state index < -0.39 is 0 Å². The molecule has 0 amide bonds. The number of hydrogen-bond acceptors (Lipinski definition) is 6. The maximum absolute atomic E-state index is 8.56. The third kappa shape index (κ3) is 3.86. The highest BCUT2D eigenvalue weighted by atomic mass is 16.5. The molecule has 0 saturated heterocycles. The lowest BCUT2D eigenvalue weighted by atomic mass is 10.4. The maximum Gasteiger partial charge on any atom is 0.124 e. The lowest BCUT2D eigenvalue weighted by molar-refractivity contribution is 0.0854. The Balaban J connectivity index is 1.72. The molecule has 0 aliphatic heterocycles. The Morgan fingerprint density at radius 2 is 2.39 bits per heavy atom. The van der Waals surface area contributed by atoms with E-state index in [-0.39, 0.29) is 6.61 Å². The molecule has 0 spiro atoms. The van der Waals surface area contributed by atoms with Gasteiger partial charge >= 0.3 is 0 Å². The van der Waals surface area contributed by atoms with Crippen molar-refractivity contribution in [2.75, 3.05) is 25.1 Å². The van der Waals surface area contributed by atoms with Gasteiger partial charge < -0.3 is 19.7 Å². The number of nitrogens with one attached hydrogen (secondary N) is 1. The molecule has 7 heteroatoms. The van der Waals surface area contributed by atoms with Crippen LogP contribution in [0.4, 0.5) is 5.69 Å². The first-order valence-corrected chi connectivity index (χ1v) is 5.72. The predicted octanol–water partition coefficient (Wildman–Crippen LogP) is 0.492. The number of nitrogens with zero attached hydrogens (tertiary/aromatic N) is 3. The van der Waals surface area contributed by atoms with Crippen molar-refractivity contribution >= 4 is 5.69 Å². The molecule has 0 bridgehead atoms. The van der Waals surface area contributed by atoms with Crippen molar-refractivity contribution in [1.82, 2.24) is 14.9 Å². The molecule has 2 rings (SSSR count). The normalized spacial score (nSPS) is 10.7. The Hall–Kier alpha value is -1.86. The number of aliphatic hydroxyl groups excluding tert-OH is 1. The quantitative estimate of drug-likeness (QED) is 0.665. The first-order chi connectivity index (χ1) is 8.88. The van der Waals surface area contributed by atoms with Gasteiger partial charge in [0.2, 0.25) is 0 Å². The fourth-order valence-electron chi connectivity index (χ4n) is 1.42. The summed E-state index contributed by atoms with van der Waals surface area (Å²) in [7, 11) is 0. The molecule has 98 valence electrons. The van der Waals surface area contributed by atoms with Crippen LogP contribution in [0.15, 0.2) is 29.2 Å². The van der Waals surface area contributed by atoms with Gasteiger partial charge in [-0.2, -0.15) is 5.10 Å². The minimum atomic E-state index is 0.0453. The summed E-state index contributed by atoms with van der Waals surface area (Å²) in [5, 5.41) is 19.7. The van der Waals surface area contributed by atoms with Crippen LogP contribution in [0.3, 0.4) is 0 Å². The Bertz CT molecular complexity index is 441. The van der Waals surface area contributed by atoms with Crippen LogP contribution in [-0.4, -0.2) is 39.9 Å². The average Bonchev–Trinajstić information content (AvgIpc) is 3.03. The summed E-state index contributed by atoms with van der Waals surface area (Å²) in [4.78, 5) is 0. The van der Waals surface area contributed by atoms with E-state index in [9.17, 15) is 0 Å². The number of hydrogen-bond donors (Lipinski definition) is 2. The Kier molecular flexibility index (Phi) is 4.74. The van der Waals surface area contributed by atoms with Crippen molar-refractivity contribution in [3.8, 4) is 0 Å². The average molecular weight is 252 g/mol. The van der Waals surface area contributed by atoms with E-state index in [1.807, 2.05) is 6.20 Å². The van der Waals surface area contributed by atoms with Crippen LogP contribution in [0.5, 0.6) is 0 Å². The molecule has 0 saturated carbocycles. The van der Waals surface area contributed by atoms with Gasteiger partial charge in [0.05, 0.1) is 44.8 Å². The van der Waals surface area contributed by atoms with Gasteiger partial charge in [0.15, 0.2) is 0 Å². The zero-order valence-corrected chi connectivity index (χ0v) is 9.95. The van der Waals surface area contributed by atoms with E-state index in [2.05, 4.69) is 15.6 Å². The number of ether oxygens (including phenoxy) is 1. The second kappa shape index (κ2) is 6.77. The molecule has 0 unspecified atom stereocenters. The smallest absolute Gasteiger partial charge is 0.124 e. The van der Waals surface area contributed by atoms with Crippen LogP contribution in [0.25, 0.3) is 0 Å². The predicted molar refractivity (Wildman–Crippen MR) is 64.0 cm³/mol. The second-order valence-electron chi connectivity index (χ2n) is 3.67. The van der Waals surface area contributed by atoms with Crippen molar-refractivity contribution < 1.29 is 14.4 Å². The molecule has 2 aromatic heterocycles. The molecule has 2 heterocycles. The lowest BCUT2D eigenvalue weighted by Gasteiger charge is -2.02. The summed E-state index contributed by atoms with van der Waals surface area (Å²) in [6, 6.07) is 1.81. The highest BCUT2D eigenvalue weighted by Gasteiger charge is 2.00. The van der Waals surface area contributed by atoms with Crippen LogP contribution in [-0.2, 0) is 17.8 Å². The Morgan fingerprint density at radius 1 is 1.44 bits per heavy atom. The molecule has 18 heavy (non-hydrogen) atoms. The van der Waals surface area contributed by atoms with Crippen molar-refractivity contribution in [3.05, 3.63) is 30.4 Å². The second-order valence-corrected chi connectivity index (χ2v) is 3.67. The molecule has 2 N–H and O–H groups in total. The van der Waals surface area contributed by atoms with Crippen molar-refractivity contribution in [1.29, 1.82) is 0 Å². The summed E-state index contributed by atoms with van der Waals surface area (Å²) in [5.41, 5.74) is 1.76. The third-order valence-corrected chi connectivity index (χ3v) is 2.30. The highest BCUT2D eigenvalue weighted by molar-refractivity contribution is 5.38. The highest BCUT2D eigenvalue weighted by Crippen LogP contribution is 2.06. The van der Waals surface area contributed by atoms with Crippen molar-refractivity contribution in [2.24, 2.45) is 0 Å². The van der Waals surface area contributed by atoms with Gasteiger partial charge in [0, 0.05) is 12.3 Å². The fraction of sp³-hybridized carbons (Fsp3) is 0.455. The van der Waals surface area contributed by atoms with E-state index in [0.717, 1.165) is 11.4 Å². The summed E-state index contributed by atoms with van der Waals surface area (Å²) in [6.45, 7) is 2.20. The van der Waals surface area contributed by atoms with E-state index in [4.69, 9.17) is 14.4 Å². The number of aromatic nitrogens is 3. The van der Waals surface area contributed by atoms with Crippen LogP contribution in [0.1, 0.15) is 5.69 Å². The maximum atomic E-state index is 8.56. The minimum Gasteiger partial charge on any atom is -0.394 e. The molecular weight excluding hydrogens is 236 g/mol. The monoisotopic (exact) mass is 252 g/mol. The Morgan fingerprint density at radius 3 is 3.17 bits per heavy atom. The SMILES string of the molecule is OCCOCCn1cc(NCc2ccon2)cn1. The Labute approximate surface area is 104 Å². The minimum absolute atomic E-state index is 0.0453. The third-order valence-electron chi connectivity index (χ3n) is 2.30. The van der Waals surface area contributed by atoms with Gasteiger partial charge in [0.1, 0.15) is 12.0 Å². The number of aliphatic hydroxyl groups is 1. The summed E-state index contributed by atoms with van der Waals surface area (Å²) in [5.74, 6) is 0. The zero-order valence-electron chi connectivity index (χ0n) is 9.95. The van der Waals surface area contributed by atoms with Crippen LogP contribution in [0, 0.1) is 0 Å². The van der Waals surface area contributed by atoms with E-state index in [1.54, 1.807) is 23.2 Å². The fourth-order valence-corrected chi connectivity index (χ4v) is 1.42. The van der Waals surface area contributed by atoms with Gasteiger partial charge in [-0.3, -0.25) is 4.68 Å². The van der Waals surface area contributed by atoms with Gasteiger partial charge in [-0.25, -0.2) is 0 Å². The number of anilines is 1. The van der Waals surface area contributed by atoms with Gasteiger partial charge in [-0.15, -0.1) is 0 Å². The van der Waals surface area contributed by atoms with Crippen LogP contribution in [0.2, 0.25) is 0 Å². The molecule has 0 fully saturated rings. The molecule has 0 radical (unpaired) electrons. The standard InChI is InChI=1S/C11H16N4O3/c16-3-6-17-5-2-15-9-11(8-13-15)12-7-10-1-4-18-14-10/h1,4,8-9,12,16H,2-3,5-7H2. The van der Waals surface area contributed by atoms with E-state index in [0.29, 0.717) is 26.3 Å². The summed E-state index contributed by atoms with van der Waals surface area (Å²) < 4.78 is 11.7. The molecule has 2 aromatic rings. The molecule has 0 atom stereocenters. The van der Waals surface area contributed by atoms with Crippen molar-refractivity contribution in [3.63, 3.8) is 0 Å². The first kappa shape index (κ1) is 12.6. The molecule has 0 aliphatic rings. The van der Waals surface area contributed by atoms with Gasteiger partial charge in [-0.1, -0.05) is 5.16 Å². The number of rotatable bonds is 8. The largest absolute Gasteiger partial charge is 0.394 e. The van der Waals surface area contributed by atoms with Crippen molar-refractivity contribution in [2.45, 2.75) is 13.1 Å². The summed E-state index contributed by atoms with van der Waals surface area (Å²) in [6.07, 6.45) is 5.17. The molecular formula is C11H16N4O3. The van der Waals surface area contributed by atoms with E-state index in [1.165, 1.54) is 0 Å². The topological polar surface area (TPSA) is 85.3 Å². The van der Waals surface area contributed by atoms with Crippen LogP contribution >= 0.6 is 0 Å². The van der Waals surface area contributed by atoms with Gasteiger partial charge in [0.25, 0.3) is 0 Å².